The molecule has 0 spiro atoms. The molecule has 0 aromatic heterocycles. The van der Waals surface area contributed by atoms with Gasteiger partial charge in [0.2, 0.25) is 0 Å². The number of nitrogens with one attached hydrogen (secondary N) is 2. The van der Waals surface area contributed by atoms with E-state index in [9.17, 15) is 8.42 Å². The first-order valence-corrected chi connectivity index (χ1v) is 9.67. The first-order chi connectivity index (χ1) is 9.71. The largest absolute Gasteiger partial charge is 0.314 e. The van der Waals surface area contributed by atoms with E-state index in [1.807, 2.05) is 13.8 Å². The molecule has 124 valence electrons. The van der Waals surface area contributed by atoms with Crippen LogP contribution in [-0.4, -0.2) is 43.9 Å². The van der Waals surface area contributed by atoms with E-state index >= 15 is 0 Å². The molecule has 1 heterocycles. The zero-order valence-electron chi connectivity index (χ0n) is 13.9. The van der Waals surface area contributed by atoms with Crippen molar-refractivity contribution in [2.45, 2.75) is 65.0 Å². The van der Waals surface area contributed by atoms with Gasteiger partial charge in [-0.25, -0.2) is 0 Å². The summed E-state index contributed by atoms with van der Waals surface area (Å²) in [6.07, 6.45) is 4.33. The van der Waals surface area contributed by atoms with Crippen LogP contribution < -0.4 is 10.0 Å². The molecule has 1 unspecified atom stereocenters. The van der Waals surface area contributed by atoms with Crippen molar-refractivity contribution >= 4 is 10.2 Å². The maximum absolute atomic E-state index is 12.6. The van der Waals surface area contributed by atoms with Crippen molar-refractivity contribution in [1.82, 2.24) is 14.3 Å². The van der Waals surface area contributed by atoms with Gasteiger partial charge in [-0.2, -0.15) is 17.4 Å². The summed E-state index contributed by atoms with van der Waals surface area (Å²) in [5.74, 6) is 0.914. The molecular weight excluding hydrogens is 286 g/mol. The number of nitrogens with zero attached hydrogens (tertiary/aromatic N) is 1. The fourth-order valence-corrected chi connectivity index (χ4v) is 4.84. The minimum Gasteiger partial charge on any atom is -0.314 e. The molecule has 2 rings (SSSR count). The summed E-state index contributed by atoms with van der Waals surface area (Å²) in [6, 6.07) is 0.448. The highest BCUT2D eigenvalue weighted by atomic mass is 32.2. The van der Waals surface area contributed by atoms with Crippen LogP contribution in [0.15, 0.2) is 0 Å². The normalized spacial score (nSPS) is 25.5. The monoisotopic (exact) mass is 317 g/mol. The molecule has 0 amide bonds. The third-order valence-electron chi connectivity index (χ3n) is 4.63. The topological polar surface area (TPSA) is 61.4 Å². The Labute approximate surface area is 130 Å². The highest BCUT2D eigenvalue weighted by Gasteiger charge is 2.42. The van der Waals surface area contributed by atoms with Crippen LogP contribution >= 0.6 is 0 Å². The first kappa shape index (κ1) is 17.2. The molecule has 1 saturated heterocycles. The highest BCUT2D eigenvalue weighted by molar-refractivity contribution is 7.87. The lowest BCUT2D eigenvalue weighted by atomic mass is 9.99. The molecule has 6 heteroatoms. The summed E-state index contributed by atoms with van der Waals surface area (Å²) in [5, 5.41) is 3.42. The van der Waals surface area contributed by atoms with Crippen molar-refractivity contribution in [3.05, 3.63) is 0 Å². The zero-order valence-corrected chi connectivity index (χ0v) is 14.7. The quantitative estimate of drug-likeness (QED) is 0.751. The Bertz CT molecular complexity index is 444. The van der Waals surface area contributed by atoms with Gasteiger partial charge in [0.05, 0.1) is 0 Å². The van der Waals surface area contributed by atoms with Crippen molar-refractivity contribution in [3.63, 3.8) is 0 Å². The predicted molar refractivity (Wildman–Crippen MR) is 86.3 cm³/mol. The second-order valence-electron chi connectivity index (χ2n) is 7.53. The van der Waals surface area contributed by atoms with Gasteiger partial charge in [-0.3, -0.25) is 0 Å². The average Bonchev–Trinajstić information content (AvgIpc) is 3.20. The fourth-order valence-electron chi connectivity index (χ4n) is 3.10. The number of piperidine rings is 1. The Kier molecular flexibility index (Phi) is 5.34. The summed E-state index contributed by atoms with van der Waals surface area (Å²) in [6.45, 7) is 10.4. The van der Waals surface area contributed by atoms with Crippen molar-refractivity contribution < 1.29 is 8.42 Å². The van der Waals surface area contributed by atoms with Crippen LogP contribution in [-0.2, 0) is 10.2 Å². The van der Waals surface area contributed by atoms with Crippen LogP contribution in [0.25, 0.3) is 0 Å². The number of rotatable bonds is 7. The van der Waals surface area contributed by atoms with Gasteiger partial charge < -0.3 is 5.32 Å². The van der Waals surface area contributed by atoms with Crippen molar-refractivity contribution in [3.8, 4) is 0 Å². The maximum Gasteiger partial charge on any atom is 0.279 e. The van der Waals surface area contributed by atoms with Crippen molar-refractivity contribution in [1.29, 1.82) is 0 Å². The third kappa shape index (κ3) is 4.91. The Balaban J connectivity index is 1.92. The lowest BCUT2D eigenvalue weighted by molar-refractivity contribution is 0.249. The number of hydrogen-bond acceptors (Lipinski definition) is 3. The molecule has 5 nitrogen and oxygen atoms in total. The molecule has 1 aliphatic carbocycles. The number of hydrogen-bond donors (Lipinski definition) is 2. The molecule has 0 radical (unpaired) electrons. The van der Waals surface area contributed by atoms with Gasteiger partial charge in [-0.05, 0) is 57.9 Å². The summed E-state index contributed by atoms with van der Waals surface area (Å²) in [5.41, 5.74) is -0.318. The van der Waals surface area contributed by atoms with Gasteiger partial charge in [0.15, 0.2) is 0 Å². The van der Waals surface area contributed by atoms with Crippen LogP contribution in [0.5, 0.6) is 0 Å². The van der Waals surface area contributed by atoms with E-state index in [1.54, 1.807) is 4.31 Å². The molecule has 1 aliphatic heterocycles. The summed E-state index contributed by atoms with van der Waals surface area (Å²) in [7, 11) is -3.36. The van der Waals surface area contributed by atoms with Crippen LogP contribution in [0.2, 0.25) is 0 Å². The van der Waals surface area contributed by atoms with E-state index in [-0.39, 0.29) is 5.54 Å². The Morgan fingerprint density at radius 2 is 1.90 bits per heavy atom. The molecule has 2 aliphatic rings. The second kappa shape index (κ2) is 6.52. The molecule has 0 aromatic carbocycles. The standard InChI is InChI=1S/C15H31N3O2S/c1-12(2)16-10-13-6-5-9-18(11-13)21(19,20)17-15(3,4)14-7-8-14/h12-14,16-17H,5-11H2,1-4H3. The molecule has 0 aromatic rings. The molecule has 2 fully saturated rings. The van der Waals surface area contributed by atoms with E-state index in [4.69, 9.17) is 0 Å². The first-order valence-electron chi connectivity index (χ1n) is 8.23. The van der Waals surface area contributed by atoms with Crippen LogP contribution in [0.4, 0.5) is 0 Å². The van der Waals surface area contributed by atoms with Gasteiger partial charge in [0.1, 0.15) is 0 Å². The lowest BCUT2D eigenvalue weighted by Gasteiger charge is -2.35. The van der Waals surface area contributed by atoms with Gasteiger partial charge >= 0.3 is 0 Å². The third-order valence-corrected chi connectivity index (χ3v) is 6.42. The molecule has 0 bridgehead atoms. The van der Waals surface area contributed by atoms with Gasteiger partial charge in [0, 0.05) is 24.7 Å². The molecule has 1 saturated carbocycles. The summed E-state index contributed by atoms with van der Waals surface area (Å²) in [4.78, 5) is 0. The van der Waals surface area contributed by atoms with E-state index in [0.717, 1.165) is 32.2 Å². The fraction of sp³-hybridized carbons (Fsp3) is 1.00. The molecule has 2 N–H and O–H groups in total. The summed E-state index contributed by atoms with van der Waals surface area (Å²) < 4.78 is 29.8. The Morgan fingerprint density at radius 1 is 1.24 bits per heavy atom. The van der Waals surface area contributed by atoms with Crippen LogP contribution in [0, 0.1) is 11.8 Å². The van der Waals surface area contributed by atoms with E-state index in [2.05, 4.69) is 23.9 Å². The van der Waals surface area contributed by atoms with Crippen LogP contribution in [0.3, 0.4) is 0 Å². The predicted octanol–water partition coefficient (Wildman–Crippen LogP) is 1.72. The minimum absolute atomic E-state index is 0.318. The molecular formula is C15H31N3O2S. The van der Waals surface area contributed by atoms with E-state index in [0.29, 0.717) is 31.0 Å². The molecule has 21 heavy (non-hydrogen) atoms. The molecule has 1 atom stereocenters. The SMILES string of the molecule is CC(C)NCC1CCCN(S(=O)(=O)NC(C)(C)C2CC2)C1. The average molecular weight is 317 g/mol. The van der Waals surface area contributed by atoms with E-state index in [1.165, 1.54) is 0 Å². The Morgan fingerprint density at radius 3 is 2.48 bits per heavy atom. The lowest BCUT2D eigenvalue weighted by Crippen LogP contribution is -2.54. The summed E-state index contributed by atoms with van der Waals surface area (Å²) >= 11 is 0. The van der Waals surface area contributed by atoms with E-state index < -0.39 is 10.2 Å². The minimum atomic E-state index is -3.36. The van der Waals surface area contributed by atoms with Gasteiger partial charge in [-0.1, -0.05) is 13.8 Å². The van der Waals surface area contributed by atoms with Crippen molar-refractivity contribution in [2.75, 3.05) is 19.6 Å². The van der Waals surface area contributed by atoms with Gasteiger partial charge in [0.25, 0.3) is 10.2 Å². The van der Waals surface area contributed by atoms with Crippen molar-refractivity contribution in [2.24, 2.45) is 11.8 Å². The van der Waals surface area contributed by atoms with Crippen LogP contribution in [0.1, 0.15) is 53.4 Å². The highest BCUT2D eigenvalue weighted by Crippen LogP contribution is 2.39. The second-order valence-corrected chi connectivity index (χ2v) is 9.20. The van der Waals surface area contributed by atoms with Gasteiger partial charge in [-0.15, -0.1) is 0 Å². The maximum atomic E-state index is 12.6. The smallest absolute Gasteiger partial charge is 0.279 e. The zero-order chi connectivity index (χ0) is 15.7. The Hall–Kier alpha value is -0.170.